The van der Waals surface area contributed by atoms with Crippen molar-refractivity contribution in [2.24, 2.45) is 5.73 Å². The normalized spacial score (nSPS) is 15.0. The Morgan fingerprint density at radius 2 is 1.77 bits per heavy atom. The molecule has 1 aromatic carbocycles. The van der Waals surface area contributed by atoms with Crippen molar-refractivity contribution in [3.8, 4) is 5.75 Å². The summed E-state index contributed by atoms with van der Waals surface area (Å²) in [7, 11) is 0. The number of carbonyl (C=O) groups excluding carboxylic acids is 4. The Morgan fingerprint density at radius 3 is 2.36 bits per heavy atom. The number of aliphatic hydroxyl groups excluding tert-OH is 1. The molecule has 1 aliphatic rings. The number of aryl methyl sites for hydroxylation is 3. The van der Waals surface area contributed by atoms with E-state index in [1.807, 2.05) is 0 Å². The molecule has 3 aromatic rings. The number of aliphatic hydroxyl groups is 1. The van der Waals surface area contributed by atoms with E-state index in [1.165, 1.54) is 11.0 Å². The minimum Gasteiger partial charge on any atom is -0.503 e. The molecule has 3 N–H and O–H groups in total. The van der Waals surface area contributed by atoms with Crippen molar-refractivity contribution in [2.45, 2.75) is 26.8 Å². The van der Waals surface area contributed by atoms with Crippen molar-refractivity contribution < 1.29 is 33.8 Å². The quantitative estimate of drug-likeness (QED) is 0.212. The summed E-state index contributed by atoms with van der Waals surface area (Å²) in [5.74, 6) is -3.09. The number of primary amides is 1. The topological polar surface area (TPSA) is 162 Å². The van der Waals surface area contributed by atoms with E-state index in [0.29, 0.717) is 32.6 Å². The Hall–Kier alpha value is -4.36. The van der Waals surface area contributed by atoms with Gasteiger partial charge in [-0.3, -0.25) is 19.3 Å². The Morgan fingerprint density at radius 1 is 1.10 bits per heavy atom. The summed E-state index contributed by atoms with van der Waals surface area (Å²) in [6.45, 7) is 8.20. The summed E-state index contributed by atoms with van der Waals surface area (Å²) in [5.41, 5.74) is 6.23. The predicted octanol–water partition coefficient (Wildman–Crippen LogP) is 3.51. The number of rotatable bonds is 10. The Kier molecular flexibility index (Phi) is 7.93. The van der Waals surface area contributed by atoms with E-state index in [-0.39, 0.29) is 28.8 Å². The first-order chi connectivity index (χ1) is 18.5. The van der Waals surface area contributed by atoms with Gasteiger partial charge in [-0.15, -0.1) is 11.3 Å². The molecule has 4 rings (SSSR count). The van der Waals surface area contributed by atoms with Crippen LogP contribution in [0.15, 0.2) is 48.3 Å². The summed E-state index contributed by atoms with van der Waals surface area (Å²) in [5, 5.41) is 11.7. The second-order valence-corrected chi connectivity index (χ2v) is 10.6. The first kappa shape index (κ1) is 27.7. The second-order valence-electron chi connectivity index (χ2n) is 8.44. The number of benzene rings is 1. The molecule has 39 heavy (non-hydrogen) atoms. The lowest BCUT2D eigenvalue weighted by atomic mass is 9.95. The number of ether oxygens (including phenoxy) is 2. The molecule has 0 spiro atoms. The van der Waals surface area contributed by atoms with Gasteiger partial charge >= 0.3 is 5.97 Å². The van der Waals surface area contributed by atoms with Crippen molar-refractivity contribution >= 4 is 51.4 Å². The molecular formula is C26H24N4O7S2. The fourth-order valence-electron chi connectivity index (χ4n) is 3.99. The van der Waals surface area contributed by atoms with Crippen LogP contribution in [0.2, 0.25) is 0 Å². The van der Waals surface area contributed by atoms with Crippen molar-refractivity contribution in [1.29, 1.82) is 0 Å². The zero-order chi connectivity index (χ0) is 28.4. The first-order valence-corrected chi connectivity index (χ1v) is 13.2. The fraction of sp³-hybridized carbons (Fsp3) is 0.231. The third-order valence-electron chi connectivity index (χ3n) is 5.65. The highest BCUT2D eigenvalue weighted by Gasteiger charge is 2.47. The van der Waals surface area contributed by atoms with Crippen LogP contribution in [0.4, 0.5) is 5.13 Å². The standard InChI is InChI=1S/C26H24N4O7S2/c1-5-10-36-25(35)23-13(3)29-26(39-23)30-19(15-6-8-16(9-7-15)37-11-17(27)31)18(21(33)24(30)34)20(32)22-12(2)28-14(4)38-22/h5-9,19,33H,1,10-11H2,2-4H3,(H2,27,31). The van der Waals surface area contributed by atoms with Crippen molar-refractivity contribution in [2.75, 3.05) is 18.1 Å². The van der Waals surface area contributed by atoms with Gasteiger partial charge in [0, 0.05) is 0 Å². The molecule has 2 amide bonds. The Bertz CT molecular complexity index is 1520. The van der Waals surface area contributed by atoms with Crippen molar-refractivity contribution in [3.05, 3.63) is 80.0 Å². The molecule has 1 unspecified atom stereocenters. The average molecular weight is 569 g/mol. The molecule has 13 heteroatoms. The highest BCUT2D eigenvalue weighted by molar-refractivity contribution is 7.17. The summed E-state index contributed by atoms with van der Waals surface area (Å²) < 4.78 is 10.4. The molecule has 1 aliphatic heterocycles. The van der Waals surface area contributed by atoms with E-state index >= 15 is 0 Å². The SMILES string of the molecule is C=CCOC(=O)c1sc(N2C(=O)C(O)=C(C(=O)c3sc(C)nc3C)C2c2ccc(OCC(N)=O)cc2)nc1C. The maximum absolute atomic E-state index is 13.7. The number of ketones is 1. The van der Waals surface area contributed by atoms with Gasteiger partial charge in [0.15, 0.2) is 17.5 Å². The predicted molar refractivity (Wildman–Crippen MR) is 144 cm³/mol. The van der Waals surface area contributed by atoms with Gasteiger partial charge in [-0.05, 0) is 38.5 Å². The van der Waals surface area contributed by atoms with Gasteiger partial charge in [-0.1, -0.05) is 36.1 Å². The van der Waals surface area contributed by atoms with E-state index < -0.39 is 35.4 Å². The van der Waals surface area contributed by atoms with Crippen LogP contribution >= 0.6 is 22.7 Å². The summed E-state index contributed by atoms with van der Waals surface area (Å²) >= 11 is 2.06. The van der Waals surface area contributed by atoms with Gasteiger partial charge in [-0.25, -0.2) is 14.8 Å². The number of Topliss-reactive ketones (excluding diaryl/α,β-unsaturated/α-hetero) is 1. The Labute approximate surface area is 231 Å². The van der Waals surface area contributed by atoms with E-state index in [4.69, 9.17) is 15.2 Å². The molecule has 0 aliphatic carbocycles. The zero-order valence-corrected chi connectivity index (χ0v) is 22.9. The fourth-order valence-corrected chi connectivity index (χ4v) is 5.85. The minimum absolute atomic E-state index is 0.00440. The van der Waals surface area contributed by atoms with Crippen LogP contribution in [0.3, 0.4) is 0 Å². The van der Waals surface area contributed by atoms with E-state index in [9.17, 15) is 24.3 Å². The Balaban J connectivity index is 1.80. The molecule has 202 valence electrons. The van der Waals surface area contributed by atoms with E-state index in [2.05, 4.69) is 16.5 Å². The van der Waals surface area contributed by atoms with Gasteiger partial charge in [0.2, 0.25) is 5.78 Å². The van der Waals surface area contributed by atoms with Crippen LogP contribution in [-0.4, -0.2) is 51.9 Å². The number of esters is 1. The lowest BCUT2D eigenvalue weighted by molar-refractivity contribution is -0.120. The van der Waals surface area contributed by atoms with Gasteiger partial charge in [0.25, 0.3) is 11.8 Å². The van der Waals surface area contributed by atoms with Crippen LogP contribution in [0.1, 0.15) is 47.3 Å². The monoisotopic (exact) mass is 568 g/mol. The molecule has 2 aromatic heterocycles. The first-order valence-electron chi connectivity index (χ1n) is 11.5. The summed E-state index contributed by atoms with van der Waals surface area (Å²) in [4.78, 5) is 61.1. The zero-order valence-electron chi connectivity index (χ0n) is 21.2. The number of anilines is 1. The molecule has 0 radical (unpaired) electrons. The van der Waals surface area contributed by atoms with Crippen molar-refractivity contribution in [3.63, 3.8) is 0 Å². The number of amides is 2. The number of aromatic nitrogens is 2. The average Bonchev–Trinajstić information content (AvgIpc) is 3.53. The van der Waals surface area contributed by atoms with Crippen molar-refractivity contribution in [1.82, 2.24) is 9.97 Å². The third-order valence-corrected chi connectivity index (χ3v) is 7.86. The van der Waals surface area contributed by atoms with Crippen LogP contribution in [0, 0.1) is 20.8 Å². The minimum atomic E-state index is -1.08. The highest BCUT2D eigenvalue weighted by atomic mass is 32.1. The summed E-state index contributed by atoms with van der Waals surface area (Å²) in [6.07, 6.45) is 1.43. The molecule has 3 heterocycles. The molecule has 1 atom stereocenters. The van der Waals surface area contributed by atoms with Crippen LogP contribution in [0.5, 0.6) is 5.75 Å². The number of hydrogen-bond donors (Lipinski definition) is 2. The van der Waals surface area contributed by atoms with Gasteiger partial charge in [0.05, 0.1) is 32.9 Å². The lowest BCUT2D eigenvalue weighted by Gasteiger charge is -2.24. The van der Waals surface area contributed by atoms with Crippen LogP contribution in [0.25, 0.3) is 0 Å². The highest BCUT2D eigenvalue weighted by Crippen LogP contribution is 2.44. The lowest BCUT2D eigenvalue weighted by Crippen LogP contribution is -2.31. The largest absolute Gasteiger partial charge is 0.503 e. The van der Waals surface area contributed by atoms with Crippen LogP contribution < -0.4 is 15.4 Å². The number of thiazole rings is 2. The van der Waals surface area contributed by atoms with Crippen LogP contribution in [-0.2, 0) is 14.3 Å². The number of nitrogens with two attached hydrogens (primary N) is 1. The second kappa shape index (κ2) is 11.2. The third kappa shape index (κ3) is 5.45. The molecule has 0 bridgehead atoms. The number of hydrogen-bond acceptors (Lipinski definition) is 11. The molecule has 11 nitrogen and oxygen atoms in total. The molecule has 0 saturated heterocycles. The van der Waals surface area contributed by atoms with E-state index in [1.54, 1.807) is 45.0 Å². The maximum Gasteiger partial charge on any atom is 0.350 e. The van der Waals surface area contributed by atoms with Gasteiger partial charge in [-0.2, -0.15) is 0 Å². The molecule has 0 saturated carbocycles. The molecule has 0 fully saturated rings. The van der Waals surface area contributed by atoms with Gasteiger partial charge < -0.3 is 20.3 Å². The molecular weight excluding hydrogens is 544 g/mol. The number of carbonyl (C=O) groups is 4. The smallest absolute Gasteiger partial charge is 0.350 e. The van der Waals surface area contributed by atoms with Gasteiger partial charge in [0.1, 0.15) is 17.2 Å². The maximum atomic E-state index is 13.7. The van der Waals surface area contributed by atoms with E-state index in [0.717, 1.165) is 22.7 Å². The summed E-state index contributed by atoms with van der Waals surface area (Å²) in [6, 6.07) is 5.20. The number of nitrogens with zero attached hydrogens (tertiary/aromatic N) is 3.